The molecule has 0 aliphatic rings. The van der Waals surface area contributed by atoms with E-state index in [4.69, 9.17) is 0 Å². The number of benzene rings is 2. The van der Waals surface area contributed by atoms with Gasteiger partial charge >= 0.3 is 0 Å². The van der Waals surface area contributed by atoms with E-state index < -0.39 is 0 Å². The zero-order valence-corrected chi connectivity index (χ0v) is 16.5. The summed E-state index contributed by atoms with van der Waals surface area (Å²) in [7, 11) is 0. The molecule has 0 spiro atoms. The molecule has 0 amide bonds. The van der Waals surface area contributed by atoms with E-state index in [1.54, 1.807) is 12.1 Å². The van der Waals surface area contributed by atoms with Gasteiger partial charge in [-0.25, -0.2) is 0 Å². The summed E-state index contributed by atoms with van der Waals surface area (Å²) in [6.45, 7) is 11.6. The average Bonchev–Trinajstić information content (AvgIpc) is 2.59. The third-order valence-corrected chi connectivity index (χ3v) is 4.44. The number of phenols is 2. The van der Waals surface area contributed by atoms with E-state index in [9.17, 15) is 15.3 Å². The van der Waals surface area contributed by atoms with Crippen molar-refractivity contribution in [2.45, 2.75) is 40.5 Å². The van der Waals surface area contributed by atoms with Crippen LogP contribution in [0.5, 0.6) is 11.5 Å². The van der Waals surface area contributed by atoms with Crippen LogP contribution >= 0.6 is 0 Å². The van der Waals surface area contributed by atoms with Crippen LogP contribution in [0.1, 0.15) is 36.1 Å². The van der Waals surface area contributed by atoms with Gasteiger partial charge in [0, 0.05) is 12.8 Å². The second-order valence-electron chi connectivity index (χ2n) is 7.26. The fourth-order valence-corrected chi connectivity index (χ4v) is 3.06. The van der Waals surface area contributed by atoms with Gasteiger partial charge in [0.2, 0.25) is 0 Å². The fraction of sp³-hybridized carbons (Fsp3) is 0.250. The number of aliphatic hydroxyl groups is 1. The second-order valence-corrected chi connectivity index (χ2v) is 7.26. The minimum Gasteiger partial charge on any atom is -0.508 e. The van der Waals surface area contributed by atoms with Crippen molar-refractivity contribution in [3.63, 3.8) is 0 Å². The van der Waals surface area contributed by atoms with Crippen molar-refractivity contribution >= 4 is 0 Å². The zero-order valence-electron chi connectivity index (χ0n) is 16.5. The van der Waals surface area contributed by atoms with Gasteiger partial charge in [0.15, 0.2) is 0 Å². The molecule has 27 heavy (non-hydrogen) atoms. The maximum Gasteiger partial charge on any atom is 0.119 e. The Morgan fingerprint density at radius 3 is 1.85 bits per heavy atom. The topological polar surface area (TPSA) is 60.7 Å². The number of hydrogen-bond acceptors (Lipinski definition) is 3. The third-order valence-electron chi connectivity index (χ3n) is 4.44. The van der Waals surface area contributed by atoms with Gasteiger partial charge in [0.1, 0.15) is 17.3 Å². The van der Waals surface area contributed by atoms with Crippen LogP contribution in [-0.4, -0.2) is 15.3 Å². The van der Waals surface area contributed by atoms with Crippen LogP contribution in [0.2, 0.25) is 0 Å². The molecular formula is C24H28O3. The van der Waals surface area contributed by atoms with E-state index in [-0.39, 0.29) is 17.3 Å². The summed E-state index contributed by atoms with van der Waals surface area (Å²) in [6, 6.07) is 10.9. The van der Waals surface area contributed by atoms with Crippen LogP contribution in [0.4, 0.5) is 0 Å². The largest absolute Gasteiger partial charge is 0.508 e. The molecule has 142 valence electrons. The molecule has 2 aromatic rings. The molecule has 0 aliphatic carbocycles. The van der Waals surface area contributed by atoms with Crippen molar-refractivity contribution in [1.82, 2.24) is 0 Å². The summed E-state index contributed by atoms with van der Waals surface area (Å²) in [5.41, 5.74) is 5.87. The molecule has 0 aromatic heterocycles. The van der Waals surface area contributed by atoms with Gasteiger partial charge in [-0.05, 0) is 62.1 Å². The summed E-state index contributed by atoms with van der Waals surface area (Å²) in [4.78, 5) is 0. The molecule has 0 unspecified atom stereocenters. The van der Waals surface area contributed by atoms with E-state index >= 15 is 0 Å². The Bertz CT molecular complexity index is 917. The number of aromatic hydroxyl groups is 2. The summed E-state index contributed by atoms with van der Waals surface area (Å²) in [5.74, 6) is 0.587. The lowest BCUT2D eigenvalue weighted by Crippen LogP contribution is -2.01. The Balaban J connectivity index is 2.40. The molecule has 0 atom stereocenters. The van der Waals surface area contributed by atoms with Crippen molar-refractivity contribution in [2.24, 2.45) is 0 Å². The molecule has 0 bridgehead atoms. The van der Waals surface area contributed by atoms with Crippen LogP contribution in [0, 0.1) is 13.8 Å². The van der Waals surface area contributed by atoms with Crippen molar-refractivity contribution in [3.8, 4) is 11.5 Å². The van der Waals surface area contributed by atoms with Gasteiger partial charge in [0.25, 0.3) is 0 Å². The first-order valence-electron chi connectivity index (χ1n) is 8.99. The van der Waals surface area contributed by atoms with Gasteiger partial charge in [-0.3, -0.25) is 0 Å². The first-order chi connectivity index (χ1) is 12.7. The predicted octanol–water partition coefficient (Wildman–Crippen LogP) is 5.83. The van der Waals surface area contributed by atoms with Crippen molar-refractivity contribution < 1.29 is 15.3 Å². The molecule has 0 fully saturated rings. The SMILES string of the molecule is C=C(C)/C=C(Cc1cc(C)ccc1O)\C(O)=C(/C)Cc1cc(C)ccc1O. The molecule has 2 aromatic carbocycles. The Morgan fingerprint density at radius 1 is 0.889 bits per heavy atom. The minimum absolute atomic E-state index is 0.166. The maximum atomic E-state index is 10.9. The number of phenolic OH excluding ortho intramolecular Hbond substituents is 2. The molecule has 2 rings (SSSR count). The Labute approximate surface area is 161 Å². The maximum absolute atomic E-state index is 10.9. The molecule has 3 heteroatoms. The molecule has 0 aliphatic heterocycles. The third kappa shape index (κ3) is 5.52. The highest BCUT2D eigenvalue weighted by Crippen LogP contribution is 2.28. The first kappa shape index (κ1) is 20.4. The summed E-state index contributed by atoms with van der Waals surface area (Å²) in [5, 5.41) is 31.1. The van der Waals surface area contributed by atoms with Gasteiger partial charge in [-0.1, -0.05) is 53.6 Å². The van der Waals surface area contributed by atoms with E-state index in [1.165, 1.54) is 0 Å². The predicted molar refractivity (Wildman–Crippen MR) is 111 cm³/mol. The number of rotatable bonds is 6. The molecule has 3 N–H and O–H groups in total. The standard InChI is InChI=1S/C24H28O3/c1-15(2)10-21(14-20-12-17(4)7-9-23(20)26)24(27)18(5)13-19-11-16(3)6-8-22(19)25/h6-12,25-27H,1,13-14H2,2-5H3/b21-10-,24-18-. The zero-order chi connectivity index (χ0) is 20.1. The van der Waals surface area contributed by atoms with Crippen LogP contribution in [0.3, 0.4) is 0 Å². The minimum atomic E-state index is 0.166. The van der Waals surface area contributed by atoms with Crippen LogP contribution in [0.15, 0.2) is 71.5 Å². The molecule has 0 saturated heterocycles. The van der Waals surface area contributed by atoms with Crippen LogP contribution in [0.25, 0.3) is 0 Å². The van der Waals surface area contributed by atoms with Gasteiger partial charge in [0.05, 0.1) is 0 Å². The lowest BCUT2D eigenvalue weighted by atomic mass is 9.95. The highest BCUT2D eigenvalue weighted by molar-refractivity contribution is 5.45. The molecular weight excluding hydrogens is 336 g/mol. The Kier molecular flexibility index (Phi) is 6.51. The van der Waals surface area contributed by atoms with Crippen LogP contribution < -0.4 is 0 Å². The van der Waals surface area contributed by atoms with E-state index in [1.807, 2.05) is 58.0 Å². The number of aliphatic hydroxyl groups excluding tert-OH is 1. The van der Waals surface area contributed by atoms with E-state index in [2.05, 4.69) is 6.58 Å². The van der Waals surface area contributed by atoms with Crippen molar-refractivity contribution in [3.05, 3.63) is 93.8 Å². The highest BCUT2D eigenvalue weighted by atomic mass is 16.3. The lowest BCUT2D eigenvalue weighted by molar-refractivity contribution is 0.410. The fourth-order valence-electron chi connectivity index (χ4n) is 3.06. The lowest BCUT2D eigenvalue weighted by Gasteiger charge is -2.14. The Morgan fingerprint density at radius 2 is 1.37 bits per heavy atom. The van der Waals surface area contributed by atoms with Gasteiger partial charge < -0.3 is 15.3 Å². The van der Waals surface area contributed by atoms with Gasteiger partial charge in [-0.15, -0.1) is 0 Å². The molecule has 3 nitrogen and oxygen atoms in total. The summed E-state index contributed by atoms with van der Waals surface area (Å²) >= 11 is 0. The average molecular weight is 364 g/mol. The van der Waals surface area contributed by atoms with Crippen LogP contribution in [-0.2, 0) is 12.8 Å². The number of hydrogen-bond donors (Lipinski definition) is 3. The first-order valence-corrected chi connectivity index (χ1v) is 8.99. The van der Waals surface area contributed by atoms with Crippen molar-refractivity contribution in [2.75, 3.05) is 0 Å². The quantitative estimate of drug-likeness (QED) is 0.446. The molecule has 0 radical (unpaired) electrons. The summed E-state index contributed by atoms with van der Waals surface area (Å²) in [6.07, 6.45) is 2.66. The number of allylic oxidation sites excluding steroid dienone is 4. The monoisotopic (exact) mass is 364 g/mol. The highest BCUT2D eigenvalue weighted by Gasteiger charge is 2.13. The molecule has 0 saturated carbocycles. The summed E-state index contributed by atoms with van der Waals surface area (Å²) < 4.78 is 0. The Hall–Kier alpha value is -2.94. The van der Waals surface area contributed by atoms with E-state index in [0.29, 0.717) is 18.4 Å². The van der Waals surface area contributed by atoms with E-state index in [0.717, 1.165) is 33.4 Å². The number of aryl methyl sites for hydroxylation is 2. The molecule has 0 heterocycles. The normalized spacial score (nSPS) is 12.7. The smallest absolute Gasteiger partial charge is 0.119 e. The van der Waals surface area contributed by atoms with Gasteiger partial charge in [-0.2, -0.15) is 0 Å². The van der Waals surface area contributed by atoms with Crippen molar-refractivity contribution in [1.29, 1.82) is 0 Å². The second kappa shape index (κ2) is 8.63.